The molecule has 1 amide bonds. The topological polar surface area (TPSA) is 59.0 Å². The number of benzene rings is 1. The first-order valence-corrected chi connectivity index (χ1v) is 7.52. The number of carbonyl (C=O) groups is 1. The van der Waals surface area contributed by atoms with E-state index in [1.807, 2.05) is 31.2 Å². The van der Waals surface area contributed by atoms with Gasteiger partial charge in [0.25, 0.3) is 5.91 Å². The van der Waals surface area contributed by atoms with Crippen molar-refractivity contribution in [2.75, 3.05) is 26.8 Å². The molecule has 0 unspecified atom stereocenters. The van der Waals surface area contributed by atoms with E-state index in [-0.39, 0.29) is 19.1 Å². The van der Waals surface area contributed by atoms with Gasteiger partial charge in [0.15, 0.2) is 0 Å². The zero-order valence-electron chi connectivity index (χ0n) is 13.8. The van der Waals surface area contributed by atoms with Crippen molar-refractivity contribution >= 4 is 5.91 Å². The smallest absolute Gasteiger partial charge is 0.254 e. The number of carbonyl (C=O) groups excluding carboxylic acids is 1. The highest BCUT2D eigenvalue weighted by molar-refractivity contribution is 5.84. The van der Waals surface area contributed by atoms with E-state index < -0.39 is 11.2 Å². The van der Waals surface area contributed by atoms with E-state index in [9.17, 15) is 9.90 Å². The van der Waals surface area contributed by atoms with E-state index >= 15 is 0 Å². The summed E-state index contributed by atoms with van der Waals surface area (Å²) in [6.07, 6.45) is 0.504. The van der Waals surface area contributed by atoms with Crippen molar-refractivity contribution in [2.24, 2.45) is 0 Å². The minimum atomic E-state index is -1.01. The van der Waals surface area contributed by atoms with Crippen molar-refractivity contribution in [2.45, 2.75) is 38.4 Å². The normalized spacial score (nSPS) is 22.0. The Morgan fingerprint density at radius 3 is 2.82 bits per heavy atom. The lowest BCUT2D eigenvalue weighted by Gasteiger charge is -2.29. The predicted octanol–water partition coefficient (Wildman–Crippen LogP) is 1.76. The highest BCUT2D eigenvalue weighted by Crippen LogP contribution is 2.26. The average molecular weight is 307 g/mol. The van der Waals surface area contributed by atoms with Gasteiger partial charge in [-0.2, -0.15) is 0 Å². The molecule has 1 aliphatic heterocycles. The molecule has 1 aliphatic rings. The number of hydrogen-bond acceptors (Lipinski definition) is 4. The number of nitrogens with zero attached hydrogens (tertiary/aromatic N) is 1. The van der Waals surface area contributed by atoms with Crippen LogP contribution in [0, 0.1) is 6.92 Å². The molecule has 0 saturated carbocycles. The zero-order valence-corrected chi connectivity index (χ0v) is 13.8. The third-order valence-electron chi connectivity index (χ3n) is 4.14. The van der Waals surface area contributed by atoms with Crippen LogP contribution >= 0.6 is 0 Å². The van der Waals surface area contributed by atoms with Crippen molar-refractivity contribution in [1.29, 1.82) is 0 Å². The lowest BCUT2D eigenvalue weighted by Crippen LogP contribution is -2.48. The Kier molecular flexibility index (Phi) is 4.78. The molecule has 5 nitrogen and oxygen atoms in total. The van der Waals surface area contributed by atoms with Crippen LogP contribution in [-0.4, -0.2) is 53.9 Å². The van der Waals surface area contributed by atoms with Gasteiger partial charge >= 0.3 is 0 Å². The van der Waals surface area contributed by atoms with Crippen LogP contribution in [-0.2, 0) is 9.53 Å². The van der Waals surface area contributed by atoms with Gasteiger partial charge in [-0.3, -0.25) is 4.79 Å². The first-order chi connectivity index (χ1) is 10.3. The van der Waals surface area contributed by atoms with E-state index in [2.05, 4.69) is 0 Å². The predicted molar refractivity (Wildman–Crippen MR) is 83.9 cm³/mol. The number of ether oxygens (including phenoxy) is 2. The molecule has 1 aromatic rings. The molecule has 122 valence electrons. The number of methoxy groups -OCH3 is 1. The van der Waals surface area contributed by atoms with Crippen molar-refractivity contribution in [3.63, 3.8) is 0 Å². The van der Waals surface area contributed by atoms with Gasteiger partial charge < -0.3 is 19.5 Å². The Labute approximate surface area is 131 Å². The highest BCUT2D eigenvalue weighted by Gasteiger charge is 2.43. The molecule has 1 fully saturated rings. The Bertz CT molecular complexity index is 543. The molecule has 0 bridgehead atoms. The third kappa shape index (κ3) is 3.78. The van der Waals surface area contributed by atoms with Crippen molar-refractivity contribution in [3.05, 3.63) is 29.8 Å². The molecule has 1 aromatic carbocycles. The molecule has 1 atom stereocenters. The SMILES string of the molecule is COC(C)(C)C(=O)N1CC[C@](O)(COc2cccc(C)c2)C1. The monoisotopic (exact) mass is 307 g/mol. The maximum absolute atomic E-state index is 12.4. The number of aryl methyl sites for hydroxylation is 1. The van der Waals surface area contributed by atoms with E-state index in [0.29, 0.717) is 13.0 Å². The van der Waals surface area contributed by atoms with Gasteiger partial charge in [-0.15, -0.1) is 0 Å². The fourth-order valence-corrected chi connectivity index (χ4v) is 2.54. The second kappa shape index (κ2) is 6.26. The summed E-state index contributed by atoms with van der Waals surface area (Å²) in [6.45, 7) is 6.41. The fraction of sp³-hybridized carbons (Fsp3) is 0.588. The molecular weight excluding hydrogens is 282 g/mol. The van der Waals surface area contributed by atoms with Gasteiger partial charge in [0.2, 0.25) is 0 Å². The summed E-state index contributed by atoms with van der Waals surface area (Å²) in [6, 6.07) is 7.70. The largest absolute Gasteiger partial charge is 0.491 e. The van der Waals surface area contributed by atoms with Crippen LogP contribution in [0.5, 0.6) is 5.75 Å². The van der Waals surface area contributed by atoms with Crippen LogP contribution in [0.4, 0.5) is 0 Å². The van der Waals surface area contributed by atoms with E-state index in [0.717, 1.165) is 11.3 Å². The first kappa shape index (κ1) is 16.8. The van der Waals surface area contributed by atoms with Gasteiger partial charge in [0, 0.05) is 13.7 Å². The average Bonchev–Trinajstić information content (AvgIpc) is 2.87. The maximum Gasteiger partial charge on any atom is 0.254 e. The molecule has 22 heavy (non-hydrogen) atoms. The maximum atomic E-state index is 12.4. The molecule has 1 N–H and O–H groups in total. The molecule has 1 saturated heterocycles. The Morgan fingerprint density at radius 2 is 2.18 bits per heavy atom. The van der Waals surface area contributed by atoms with Crippen LogP contribution < -0.4 is 4.74 Å². The Morgan fingerprint density at radius 1 is 1.45 bits per heavy atom. The van der Waals surface area contributed by atoms with E-state index in [1.54, 1.807) is 18.7 Å². The number of aliphatic hydroxyl groups is 1. The van der Waals surface area contributed by atoms with Gasteiger partial charge in [0.1, 0.15) is 23.6 Å². The molecule has 0 aromatic heterocycles. The summed E-state index contributed by atoms with van der Waals surface area (Å²) in [5, 5.41) is 10.6. The summed E-state index contributed by atoms with van der Waals surface area (Å²) >= 11 is 0. The van der Waals surface area contributed by atoms with E-state index in [1.165, 1.54) is 7.11 Å². The van der Waals surface area contributed by atoms with Gasteiger partial charge in [0.05, 0.1) is 6.54 Å². The molecule has 1 heterocycles. The minimum Gasteiger partial charge on any atom is -0.491 e. The van der Waals surface area contributed by atoms with Gasteiger partial charge in [-0.1, -0.05) is 12.1 Å². The standard InChI is InChI=1S/C17H25NO4/c1-13-6-5-7-14(10-13)22-12-17(20)8-9-18(11-17)15(19)16(2,3)21-4/h5-7,10,20H,8-9,11-12H2,1-4H3/t17-/m1/s1. The number of hydrogen-bond donors (Lipinski definition) is 1. The number of amides is 1. The van der Waals surface area contributed by atoms with Gasteiger partial charge in [-0.25, -0.2) is 0 Å². The van der Waals surface area contributed by atoms with E-state index in [4.69, 9.17) is 9.47 Å². The second-order valence-corrected chi connectivity index (χ2v) is 6.52. The molecular formula is C17H25NO4. The summed E-state index contributed by atoms with van der Waals surface area (Å²) in [5.74, 6) is 0.622. The summed E-state index contributed by atoms with van der Waals surface area (Å²) in [7, 11) is 1.51. The Balaban J connectivity index is 1.94. The van der Waals surface area contributed by atoms with Gasteiger partial charge in [-0.05, 0) is 44.9 Å². The lowest BCUT2D eigenvalue weighted by atomic mass is 10.1. The number of rotatable bonds is 5. The first-order valence-electron chi connectivity index (χ1n) is 7.52. The molecule has 2 rings (SSSR count). The molecule has 0 spiro atoms. The molecule has 0 radical (unpaired) electrons. The fourth-order valence-electron chi connectivity index (χ4n) is 2.54. The second-order valence-electron chi connectivity index (χ2n) is 6.52. The van der Waals surface area contributed by atoms with Crippen molar-refractivity contribution in [1.82, 2.24) is 4.90 Å². The van der Waals surface area contributed by atoms with Crippen LogP contribution in [0.3, 0.4) is 0 Å². The zero-order chi connectivity index (χ0) is 16.4. The molecule has 5 heteroatoms. The third-order valence-corrected chi connectivity index (χ3v) is 4.14. The quantitative estimate of drug-likeness (QED) is 0.900. The highest BCUT2D eigenvalue weighted by atomic mass is 16.5. The molecule has 0 aliphatic carbocycles. The Hall–Kier alpha value is -1.59. The van der Waals surface area contributed by atoms with Crippen LogP contribution in [0.25, 0.3) is 0 Å². The lowest BCUT2D eigenvalue weighted by molar-refractivity contribution is -0.151. The van der Waals surface area contributed by atoms with Crippen molar-refractivity contribution in [3.8, 4) is 5.75 Å². The summed E-state index contributed by atoms with van der Waals surface area (Å²) in [5.41, 5.74) is -0.777. The van der Waals surface area contributed by atoms with Crippen LogP contribution in [0.15, 0.2) is 24.3 Å². The summed E-state index contributed by atoms with van der Waals surface area (Å²) in [4.78, 5) is 14.0. The number of β-amino-alcohol motifs (C(OH)–C–C–N with tert-alkyl or cyclic N) is 1. The number of likely N-dealkylation sites (tertiary alicyclic amines) is 1. The van der Waals surface area contributed by atoms with Crippen LogP contribution in [0.1, 0.15) is 25.8 Å². The minimum absolute atomic E-state index is 0.110. The summed E-state index contributed by atoms with van der Waals surface area (Å²) < 4.78 is 10.9. The van der Waals surface area contributed by atoms with Crippen LogP contribution in [0.2, 0.25) is 0 Å². The van der Waals surface area contributed by atoms with Crippen molar-refractivity contribution < 1.29 is 19.4 Å².